The van der Waals surface area contributed by atoms with Crippen molar-refractivity contribution in [2.24, 2.45) is 0 Å². The molecule has 0 bridgehead atoms. The molecule has 3 rings (SSSR count). The molecule has 0 aliphatic carbocycles. The average molecular weight is 410 g/mol. The Bertz CT molecular complexity index is 862. The van der Waals surface area contributed by atoms with Crippen LogP contribution in [0.15, 0.2) is 53.3 Å². The highest BCUT2D eigenvalue weighted by molar-refractivity contribution is 9.10. The third-order valence-corrected chi connectivity index (χ3v) is 3.95. The zero-order valence-electron chi connectivity index (χ0n) is 12.9. The summed E-state index contributed by atoms with van der Waals surface area (Å²) < 4.78 is 29.4. The van der Waals surface area contributed by atoms with E-state index in [9.17, 15) is 13.9 Å². The smallest absolute Gasteiger partial charge is 0.387 e. The molecule has 2 aromatic heterocycles. The summed E-state index contributed by atoms with van der Waals surface area (Å²) in [6.45, 7) is -2.64. The number of halogens is 3. The molecule has 25 heavy (non-hydrogen) atoms. The standard InChI is InChI=1S/C17H14BrF2N3O2/c18-11-7-14-16(23-8-11)13(5-6-21-14)22-9-15(24)10-1-3-12(4-2-10)25-17(19)20/h1-8,15,17,24H,9H2,(H,21,22). The average Bonchev–Trinajstić information content (AvgIpc) is 2.59. The largest absolute Gasteiger partial charge is 0.435 e. The van der Waals surface area contributed by atoms with E-state index in [4.69, 9.17) is 0 Å². The van der Waals surface area contributed by atoms with Crippen LogP contribution in [-0.4, -0.2) is 28.2 Å². The van der Waals surface area contributed by atoms with E-state index in [2.05, 4.69) is 36.0 Å². The fourth-order valence-electron chi connectivity index (χ4n) is 2.34. The van der Waals surface area contributed by atoms with Crippen molar-refractivity contribution in [1.82, 2.24) is 9.97 Å². The molecule has 1 atom stereocenters. The number of pyridine rings is 2. The first-order valence-corrected chi connectivity index (χ1v) is 8.19. The number of benzene rings is 1. The lowest BCUT2D eigenvalue weighted by Crippen LogP contribution is -2.12. The normalized spacial score (nSPS) is 12.4. The van der Waals surface area contributed by atoms with E-state index in [1.165, 1.54) is 12.1 Å². The van der Waals surface area contributed by atoms with Gasteiger partial charge in [0.15, 0.2) is 0 Å². The predicted molar refractivity (Wildman–Crippen MR) is 93.8 cm³/mol. The van der Waals surface area contributed by atoms with E-state index in [1.807, 2.05) is 6.07 Å². The van der Waals surface area contributed by atoms with Gasteiger partial charge in [-0.1, -0.05) is 12.1 Å². The highest BCUT2D eigenvalue weighted by Gasteiger charge is 2.11. The molecule has 0 aliphatic heterocycles. The molecule has 1 aromatic carbocycles. The van der Waals surface area contributed by atoms with E-state index < -0.39 is 12.7 Å². The van der Waals surface area contributed by atoms with Gasteiger partial charge in [0.05, 0.1) is 17.3 Å². The molecular formula is C17H14BrF2N3O2. The van der Waals surface area contributed by atoms with E-state index in [1.54, 1.807) is 30.6 Å². The minimum Gasteiger partial charge on any atom is -0.435 e. The van der Waals surface area contributed by atoms with Crippen LogP contribution in [0.1, 0.15) is 11.7 Å². The lowest BCUT2D eigenvalue weighted by atomic mass is 10.1. The number of rotatable bonds is 6. The van der Waals surface area contributed by atoms with Crippen LogP contribution >= 0.6 is 15.9 Å². The molecule has 0 fully saturated rings. The highest BCUT2D eigenvalue weighted by Crippen LogP contribution is 2.24. The van der Waals surface area contributed by atoms with Crippen LogP contribution in [0.25, 0.3) is 11.0 Å². The molecule has 1 unspecified atom stereocenters. The number of nitrogens with one attached hydrogen (secondary N) is 1. The number of hydrogen-bond acceptors (Lipinski definition) is 5. The molecule has 5 nitrogen and oxygen atoms in total. The summed E-state index contributed by atoms with van der Waals surface area (Å²) in [5, 5.41) is 13.4. The summed E-state index contributed by atoms with van der Waals surface area (Å²) in [6.07, 6.45) is 2.51. The Morgan fingerprint density at radius 1 is 1.16 bits per heavy atom. The van der Waals surface area contributed by atoms with E-state index in [0.29, 0.717) is 11.1 Å². The molecule has 0 radical (unpaired) electrons. The van der Waals surface area contributed by atoms with Crippen LogP contribution in [0.5, 0.6) is 5.75 Å². The van der Waals surface area contributed by atoms with Gasteiger partial charge in [-0.25, -0.2) is 0 Å². The summed E-state index contributed by atoms with van der Waals surface area (Å²) in [4.78, 5) is 8.58. The summed E-state index contributed by atoms with van der Waals surface area (Å²) in [6, 6.07) is 9.51. The summed E-state index contributed by atoms with van der Waals surface area (Å²) in [5.74, 6) is 0.0498. The molecule has 3 aromatic rings. The minimum atomic E-state index is -2.87. The van der Waals surface area contributed by atoms with Crippen molar-refractivity contribution < 1.29 is 18.6 Å². The van der Waals surface area contributed by atoms with E-state index in [-0.39, 0.29) is 12.3 Å². The summed E-state index contributed by atoms with van der Waals surface area (Å²) in [7, 11) is 0. The van der Waals surface area contributed by atoms with Crippen LogP contribution in [0.2, 0.25) is 0 Å². The monoisotopic (exact) mass is 409 g/mol. The van der Waals surface area contributed by atoms with Crippen LogP contribution in [0.3, 0.4) is 0 Å². The number of aliphatic hydroxyl groups excluding tert-OH is 1. The van der Waals surface area contributed by atoms with Crippen LogP contribution in [-0.2, 0) is 0 Å². The van der Waals surface area contributed by atoms with E-state index in [0.717, 1.165) is 15.7 Å². The maximum absolute atomic E-state index is 12.1. The number of aliphatic hydroxyl groups is 1. The lowest BCUT2D eigenvalue weighted by Gasteiger charge is -2.14. The first-order valence-electron chi connectivity index (χ1n) is 7.40. The van der Waals surface area contributed by atoms with Gasteiger partial charge < -0.3 is 15.2 Å². The molecule has 2 N–H and O–H groups in total. The SMILES string of the molecule is OC(CNc1ccnc2cc(Br)cnc12)c1ccc(OC(F)F)cc1. The van der Waals surface area contributed by atoms with Crippen molar-refractivity contribution in [3.05, 3.63) is 58.8 Å². The van der Waals surface area contributed by atoms with Gasteiger partial charge in [-0.15, -0.1) is 0 Å². The topological polar surface area (TPSA) is 67.3 Å². The van der Waals surface area contributed by atoms with Gasteiger partial charge in [0.2, 0.25) is 0 Å². The quantitative estimate of drug-likeness (QED) is 0.640. The fourth-order valence-corrected chi connectivity index (χ4v) is 2.66. The number of nitrogens with zero attached hydrogens (tertiary/aromatic N) is 2. The molecule has 0 aliphatic rings. The Morgan fingerprint density at radius 3 is 2.64 bits per heavy atom. The third-order valence-electron chi connectivity index (χ3n) is 3.52. The minimum absolute atomic E-state index is 0.0498. The molecule has 0 amide bonds. The fraction of sp³-hybridized carbons (Fsp3) is 0.176. The van der Waals surface area contributed by atoms with Crippen molar-refractivity contribution in [2.75, 3.05) is 11.9 Å². The highest BCUT2D eigenvalue weighted by atomic mass is 79.9. The molecule has 8 heteroatoms. The number of fused-ring (bicyclic) bond motifs is 1. The van der Waals surface area contributed by atoms with Gasteiger partial charge in [-0.2, -0.15) is 8.78 Å². The van der Waals surface area contributed by atoms with Crippen LogP contribution < -0.4 is 10.1 Å². The molecule has 2 heterocycles. The van der Waals surface area contributed by atoms with Gasteiger partial charge in [-0.3, -0.25) is 9.97 Å². The molecule has 0 spiro atoms. The Balaban J connectivity index is 1.69. The van der Waals surface area contributed by atoms with Gasteiger partial charge >= 0.3 is 6.61 Å². The molecular weight excluding hydrogens is 396 g/mol. The van der Waals surface area contributed by atoms with Crippen molar-refractivity contribution >= 4 is 32.7 Å². The third kappa shape index (κ3) is 4.40. The lowest BCUT2D eigenvalue weighted by molar-refractivity contribution is -0.0498. The van der Waals surface area contributed by atoms with Gasteiger partial charge in [0.25, 0.3) is 0 Å². The Labute approximate surface area is 150 Å². The van der Waals surface area contributed by atoms with Crippen LogP contribution in [0, 0.1) is 0 Å². The van der Waals surface area contributed by atoms with Crippen molar-refractivity contribution in [3.63, 3.8) is 0 Å². The van der Waals surface area contributed by atoms with Crippen LogP contribution in [0.4, 0.5) is 14.5 Å². The predicted octanol–water partition coefficient (Wildman–Crippen LogP) is 4.14. The Hall–Kier alpha value is -2.32. The second-order valence-electron chi connectivity index (χ2n) is 5.22. The summed E-state index contributed by atoms with van der Waals surface area (Å²) >= 11 is 3.35. The number of alkyl halides is 2. The van der Waals surface area contributed by atoms with Crippen molar-refractivity contribution in [3.8, 4) is 5.75 Å². The van der Waals surface area contributed by atoms with Gasteiger partial charge in [-0.05, 0) is 45.8 Å². The first kappa shape index (κ1) is 17.5. The van der Waals surface area contributed by atoms with Gasteiger partial charge in [0.1, 0.15) is 11.3 Å². The van der Waals surface area contributed by atoms with Crippen molar-refractivity contribution in [1.29, 1.82) is 0 Å². The van der Waals surface area contributed by atoms with Crippen molar-refractivity contribution in [2.45, 2.75) is 12.7 Å². The maximum Gasteiger partial charge on any atom is 0.387 e. The second-order valence-corrected chi connectivity index (χ2v) is 6.14. The van der Waals surface area contributed by atoms with E-state index >= 15 is 0 Å². The number of aromatic nitrogens is 2. The van der Waals surface area contributed by atoms with Gasteiger partial charge in [0, 0.05) is 23.4 Å². The summed E-state index contributed by atoms with van der Waals surface area (Å²) in [5.41, 5.74) is 2.75. The number of hydrogen-bond donors (Lipinski definition) is 2. The zero-order chi connectivity index (χ0) is 17.8. The zero-order valence-corrected chi connectivity index (χ0v) is 14.5. The Morgan fingerprint density at radius 2 is 1.92 bits per heavy atom. The second kappa shape index (κ2) is 7.71. The number of anilines is 1. The maximum atomic E-state index is 12.1. The Kier molecular flexibility index (Phi) is 5.40. The molecule has 130 valence electrons. The molecule has 0 saturated heterocycles. The number of ether oxygens (including phenoxy) is 1. The first-order chi connectivity index (χ1) is 12.0. The molecule has 0 saturated carbocycles.